The van der Waals surface area contributed by atoms with Gasteiger partial charge in [0.25, 0.3) is 0 Å². The van der Waals surface area contributed by atoms with Crippen LogP contribution in [0.15, 0.2) is 30.3 Å². The van der Waals surface area contributed by atoms with Crippen molar-refractivity contribution in [3.05, 3.63) is 46.6 Å². The van der Waals surface area contributed by atoms with Gasteiger partial charge in [-0.3, -0.25) is 4.79 Å². The molecule has 0 aliphatic carbocycles. The van der Waals surface area contributed by atoms with Crippen LogP contribution < -0.4 is 10.5 Å². The van der Waals surface area contributed by atoms with E-state index in [1.54, 1.807) is 18.2 Å². The van der Waals surface area contributed by atoms with E-state index in [0.29, 0.717) is 15.1 Å². The van der Waals surface area contributed by atoms with Gasteiger partial charge >= 0.3 is 5.97 Å². The van der Waals surface area contributed by atoms with Crippen LogP contribution in [0.2, 0.25) is 0 Å². The van der Waals surface area contributed by atoms with Crippen molar-refractivity contribution < 1.29 is 24.1 Å². The summed E-state index contributed by atoms with van der Waals surface area (Å²) in [4.78, 5) is 10.9. The van der Waals surface area contributed by atoms with Crippen LogP contribution >= 0.6 is 67.8 Å². The molecule has 0 aliphatic heterocycles. The number of hydrogen-bond acceptors (Lipinski definition) is 4. The number of hydrogen-bond donors (Lipinski definition) is 3. The highest BCUT2D eigenvalue weighted by Crippen LogP contribution is 2.34. The van der Waals surface area contributed by atoms with E-state index < -0.39 is 12.0 Å². The van der Waals surface area contributed by atoms with Crippen LogP contribution in [0.4, 0.5) is 0 Å². The molecule has 2 aromatic rings. The second-order valence-electron chi connectivity index (χ2n) is 4.75. The fourth-order valence-corrected chi connectivity index (χ4v) is 4.44. The van der Waals surface area contributed by atoms with Gasteiger partial charge in [-0.25, -0.2) is 0 Å². The average molecular weight is 661 g/mol. The Morgan fingerprint density at radius 3 is 2.35 bits per heavy atom. The van der Waals surface area contributed by atoms with Gasteiger partial charge in [0.15, 0.2) is 5.75 Å². The van der Waals surface area contributed by atoms with Crippen LogP contribution in [-0.4, -0.2) is 22.2 Å². The minimum atomic E-state index is -1.02. The molecule has 2 rings (SSSR count). The number of ether oxygens (including phenoxy) is 1. The van der Waals surface area contributed by atoms with Gasteiger partial charge in [0, 0.05) is 4.40 Å². The van der Waals surface area contributed by atoms with Gasteiger partial charge in [0.05, 0.1) is 10.7 Å². The van der Waals surface area contributed by atoms with Gasteiger partial charge < -0.3 is 20.7 Å². The molecule has 0 saturated carbocycles. The zero-order valence-corrected chi connectivity index (χ0v) is 18.1. The Morgan fingerprint density at radius 2 is 1.83 bits per heavy atom. The molecule has 8 heteroatoms. The highest BCUT2D eigenvalue weighted by atomic mass is 127. The summed E-state index contributed by atoms with van der Waals surface area (Å²) in [6.45, 7) is 0. The Labute approximate surface area is 178 Å². The molecule has 0 aliphatic rings. The topological polar surface area (TPSA) is 92.8 Å². The van der Waals surface area contributed by atoms with Crippen molar-refractivity contribution in [3.8, 4) is 17.2 Å². The molecule has 0 fully saturated rings. The summed E-state index contributed by atoms with van der Waals surface area (Å²) in [5.74, 6) is 0.507. The monoisotopic (exact) mass is 661 g/mol. The molecule has 0 saturated heterocycles. The third-order valence-corrected chi connectivity index (χ3v) is 5.44. The number of aromatic hydroxyl groups is 1. The van der Waals surface area contributed by atoms with Crippen LogP contribution in [0, 0.1) is 10.7 Å². The summed E-state index contributed by atoms with van der Waals surface area (Å²) in [6, 6.07) is 7.83. The first-order valence-corrected chi connectivity index (χ1v) is 9.64. The number of carboxylic acids is 1. The highest BCUT2D eigenvalue weighted by molar-refractivity contribution is 14.1. The molecule has 1 atom stereocenters. The molecule has 0 bridgehead atoms. The third-order valence-electron chi connectivity index (χ3n) is 2.97. The zero-order valence-electron chi connectivity index (χ0n) is 13.6. The number of phenols is 1. The minimum absolute atomic E-state index is 0. The molecule has 0 heterocycles. The minimum Gasteiger partial charge on any atom is -0.507 e. The van der Waals surface area contributed by atoms with E-state index in [1.807, 2.05) is 34.7 Å². The Hall–Kier alpha value is -0.340. The van der Waals surface area contributed by atoms with Crippen molar-refractivity contribution in [1.82, 2.24) is 0 Å². The lowest BCUT2D eigenvalue weighted by Gasteiger charge is -2.13. The molecule has 0 aromatic heterocycles. The van der Waals surface area contributed by atoms with Crippen LogP contribution in [-0.2, 0) is 11.2 Å². The molecule has 126 valence electrons. The number of carboxylic acid groups (broad SMARTS) is 1. The van der Waals surface area contributed by atoms with Gasteiger partial charge in [0.2, 0.25) is 0 Å². The van der Waals surface area contributed by atoms with Crippen molar-refractivity contribution in [2.24, 2.45) is 5.73 Å². The van der Waals surface area contributed by atoms with Crippen LogP contribution in [0.25, 0.3) is 0 Å². The Morgan fingerprint density at radius 1 is 1.22 bits per heavy atom. The Kier molecular flexibility index (Phi) is 6.20. The van der Waals surface area contributed by atoms with Crippen molar-refractivity contribution in [1.29, 1.82) is 0 Å². The normalized spacial score (nSPS) is 12.3. The summed E-state index contributed by atoms with van der Waals surface area (Å²) in [5, 5.41) is 18.5. The molecule has 1 unspecified atom stereocenters. The highest BCUT2D eigenvalue weighted by Gasteiger charge is 2.16. The first-order valence-electron chi connectivity index (χ1n) is 7.40. The third kappa shape index (κ3) is 5.06. The van der Waals surface area contributed by atoms with E-state index >= 15 is 0 Å². The van der Waals surface area contributed by atoms with Crippen LogP contribution in [0.3, 0.4) is 0 Å². The molecule has 5 nitrogen and oxygen atoms in total. The van der Waals surface area contributed by atoms with E-state index in [-0.39, 0.29) is 13.6 Å². The lowest BCUT2D eigenvalue weighted by molar-refractivity contribution is -0.138. The Bertz CT molecular complexity index is 742. The predicted molar refractivity (Wildman–Crippen MR) is 116 cm³/mol. The molecular weight excluding hydrogens is 639 g/mol. The first kappa shape index (κ1) is 17.5. The van der Waals surface area contributed by atoms with Gasteiger partial charge in [0.1, 0.15) is 17.5 Å². The number of halogens is 3. The summed E-state index contributed by atoms with van der Waals surface area (Å²) < 4.78 is 18.3. The van der Waals surface area contributed by atoms with Gasteiger partial charge in [-0.15, -0.1) is 0 Å². The number of carbonyl (C=O) groups is 1. The van der Waals surface area contributed by atoms with Crippen molar-refractivity contribution in [2.45, 2.75) is 12.5 Å². The van der Waals surface area contributed by atoms with Crippen molar-refractivity contribution in [3.63, 3.8) is 0 Å². The van der Waals surface area contributed by atoms with Gasteiger partial charge in [-0.1, -0.05) is 0 Å². The average Bonchev–Trinajstić information content (AvgIpc) is 2.56. The number of aliphatic carboxylic acids is 1. The molecule has 0 radical (unpaired) electrons. The summed E-state index contributed by atoms with van der Waals surface area (Å²) in [5.41, 5.74) is 6.43. The maximum absolute atomic E-state index is 10.9. The SMILES string of the molecule is NC(Cc1cc(I)c(Oc2ccc(O)c(I)c2)c(I)c1)C(=O)O.[3HH].[3H][3H]. The van der Waals surface area contributed by atoms with E-state index in [9.17, 15) is 9.90 Å². The molecular formula is C15H16I3NO4. The van der Waals surface area contributed by atoms with Crippen molar-refractivity contribution >= 4 is 73.7 Å². The summed E-state index contributed by atoms with van der Waals surface area (Å²) in [7, 11) is 0. The van der Waals surface area contributed by atoms with E-state index in [2.05, 4.69) is 45.2 Å². The summed E-state index contributed by atoms with van der Waals surface area (Å²) in [6.07, 6.45) is 0.263. The second-order valence-corrected chi connectivity index (χ2v) is 8.24. The molecule has 2 aromatic carbocycles. The first-order chi connectivity index (χ1) is 11.8. The number of phenolic OH excluding ortho intramolecular Hbond substituents is 1. The Balaban J connectivity index is 0.00000201. The smallest absolute Gasteiger partial charge is 0.320 e. The quantitative estimate of drug-likeness (QED) is 0.413. The predicted octanol–water partition coefficient (Wildman–Crippen LogP) is 4.44. The summed E-state index contributed by atoms with van der Waals surface area (Å²) >= 11 is 6.33. The van der Waals surface area contributed by atoms with Crippen LogP contribution in [0.5, 0.6) is 17.2 Å². The molecule has 23 heavy (non-hydrogen) atoms. The standard InChI is InChI=1S/C15H12I3NO4.2H2/c16-9-6-8(1-2-13(9)20)23-14-10(17)3-7(4-11(14)18)5-12(19)15(21)22;;/h1-4,6,12,20H,5,19H2,(H,21,22);2*1H/i;1+2T;1+2. The lowest BCUT2D eigenvalue weighted by atomic mass is 10.1. The van der Waals surface area contributed by atoms with E-state index in [0.717, 1.165) is 12.7 Å². The van der Waals surface area contributed by atoms with E-state index in [4.69, 9.17) is 18.5 Å². The second kappa shape index (κ2) is 8.16. The molecule has 0 spiro atoms. The largest absolute Gasteiger partial charge is 0.507 e. The lowest BCUT2D eigenvalue weighted by Crippen LogP contribution is -2.32. The maximum Gasteiger partial charge on any atom is 0.320 e. The molecule has 0 amide bonds. The van der Waals surface area contributed by atoms with E-state index in [1.165, 1.54) is 0 Å². The van der Waals surface area contributed by atoms with Crippen LogP contribution in [0.1, 0.15) is 9.96 Å². The maximum atomic E-state index is 10.9. The van der Waals surface area contributed by atoms with Gasteiger partial charge in [-0.05, 0) is 110 Å². The number of benzene rings is 2. The molecule has 4 N–H and O–H groups in total. The fourth-order valence-electron chi connectivity index (χ4n) is 1.84. The number of nitrogens with two attached hydrogens (primary N) is 1. The number of rotatable bonds is 5. The fraction of sp³-hybridized carbons (Fsp3) is 0.133. The van der Waals surface area contributed by atoms with Gasteiger partial charge in [-0.2, -0.15) is 0 Å². The van der Waals surface area contributed by atoms with Crippen molar-refractivity contribution in [2.75, 3.05) is 0 Å². The zero-order chi connectivity index (χ0) is 19.1.